The van der Waals surface area contributed by atoms with E-state index in [2.05, 4.69) is 15.3 Å². The second-order valence-corrected chi connectivity index (χ2v) is 7.17. The van der Waals surface area contributed by atoms with Crippen LogP contribution >= 0.6 is 23.2 Å². The van der Waals surface area contributed by atoms with E-state index in [4.69, 9.17) is 27.6 Å². The van der Waals surface area contributed by atoms with E-state index in [1.165, 1.54) is 0 Å². The number of anilines is 1. The number of imidazole rings is 1. The molecule has 2 aromatic carbocycles. The van der Waals surface area contributed by atoms with Crippen molar-refractivity contribution in [2.45, 2.75) is 12.8 Å². The average molecular weight is 415 g/mol. The third kappa shape index (κ3) is 3.88. The van der Waals surface area contributed by atoms with Gasteiger partial charge in [-0.25, -0.2) is 9.97 Å². The monoisotopic (exact) mass is 414 g/mol. The molecule has 8 heteroatoms. The maximum absolute atomic E-state index is 12.3. The van der Waals surface area contributed by atoms with Crippen molar-refractivity contribution in [1.29, 1.82) is 0 Å². The van der Waals surface area contributed by atoms with Crippen LogP contribution in [0.1, 0.15) is 12.3 Å². The molecule has 0 saturated heterocycles. The molecule has 0 aliphatic heterocycles. The Hall–Kier alpha value is -2.83. The van der Waals surface area contributed by atoms with E-state index in [0.717, 1.165) is 16.6 Å². The maximum Gasteiger partial charge on any atom is 0.227 e. The molecule has 1 N–H and O–H groups in total. The molecule has 1 amide bonds. The lowest BCUT2D eigenvalue weighted by Gasteiger charge is -2.04. The van der Waals surface area contributed by atoms with Crippen molar-refractivity contribution in [2.75, 3.05) is 5.32 Å². The van der Waals surface area contributed by atoms with E-state index in [-0.39, 0.29) is 12.3 Å². The van der Waals surface area contributed by atoms with Crippen LogP contribution in [0.2, 0.25) is 10.0 Å². The molecule has 4 rings (SSSR count). The number of carbonyl (C=O) groups is 1. The van der Waals surface area contributed by atoms with E-state index < -0.39 is 0 Å². The number of hydrogen-bond acceptors (Lipinski definition) is 4. The van der Waals surface area contributed by atoms with Crippen molar-refractivity contribution >= 4 is 46.1 Å². The molecule has 0 saturated carbocycles. The Kier molecular flexibility index (Phi) is 5.07. The fourth-order valence-electron chi connectivity index (χ4n) is 2.87. The number of carbonyl (C=O) groups excluding carboxylic acids is 1. The van der Waals surface area contributed by atoms with Crippen molar-refractivity contribution in [2.24, 2.45) is 7.05 Å². The molecule has 4 aromatic rings. The molecule has 0 radical (unpaired) electrons. The lowest BCUT2D eigenvalue weighted by atomic mass is 10.2. The van der Waals surface area contributed by atoms with Gasteiger partial charge in [0.05, 0.1) is 17.2 Å². The smallest absolute Gasteiger partial charge is 0.227 e. The molecule has 0 unspecified atom stereocenters. The van der Waals surface area contributed by atoms with Gasteiger partial charge in [0.1, 0.15) is 0 Å². The topological polar surface area (TPSA) is 73.0 Å². The second kappa shape index (κ2) is 7.66. The van der Waals surface area contributed by atoms with Gasteiger partial charge in [-0.15, -0.1) is 0 Å². The predicted octanol–water partition coefficient (Wildman–Crippen LogP) is 5.11. The fourth-order valence-corrected chi connectivity index (χ4v) is 3.16. The predicted molar refractivity (Wildman–Crippen MR) is 110 cm³/mol. The highest BCUT2D eigenvalue weighted by molar-refractivity contribution is 6.31. The number of fused-ring (bicyclic) bond motifs is 1. The summed E-state index contributed by atoms with van der Waals surface area (Å²) in [5.41, 5.74) is 2.50. The molecule has 142 valence electrons. The second-order valence-electron chi connectivity index (χ2n) is 6.30. The minimum atomic E-state index is -0.171. The first kappa shape index (κ1) is 18.5. The van der Waals surface area contributed by atoms with Crippen LogP contribution in [-0.2, 0) is 18.3 Å². The number of halogens is 2. The fraction of sp³-hybridized carbons (Fsp3) is 0.150. The zero-order chi connectivity index (χ0) is 19.7. The number of aryl methyl sites for hydroxylation is 2. The summed E-state index contributed by atoms with van der Waals surface area (Å²) in [6, 6.07) is 12.7. The van der Waals surface area contributed by atoms with Gasteiger partial charge < -0.3 is 8.98 Å². The minimum absolute atomic E-state index is 0.171. The standard InChI is InChI=1S/C20H16Cl2N4O2/c1-26-16-7-6-14(22)10-15(16)24-20(26)25-18(27)8-9-19-23-11-17(28-19)12-2-4-13(21)5-3-12/h2-7,10-11H,8-9H2,1H3,(H,24,25,27). The van der Waals surface area contributed by atoms with E-state index in [0.29, 0.717) is 34.1 Å². The summed E-state index contributed by atoms with van der Waals surface area (Å²) < 4.78 is 7.54. The number of oxazole rings is 1. The largest absolute Gasteiger partial charge is 0.441 e. The molecular formula is C20H16Cl2N4O2. The maximum atomic E-state index is 12.3. The molecule has 2 heterocycles. The number of nitrogens with zero attached hydrogens (tertiary/aromatic N) is 3. The van der Waals surface area contributed by atoms with Gasteiger partial charge in [0.2, 0.25) is 11.9 Å². The first-order valence-corrected chi connectivity index (χ1v) is 9.37. The highest BCUT2D eigenvalue weighted by Gasteiger charge is 2.13. The first-order valence-electron chi connectivity index (χ1n) is 8.62. The Morgan fingerprint density at radius 2 is 1.89 bits per heavy atom. The van der Waals surface area contributed by atoms with Crippen LogP contribution in [-0.4, -0.2) is 20.4 Å². The summed E-state index contributed by atoms with van der Waals surface area (Å²) >= 11 is 11.9. The van der Waals surface area contributed by atoms with Gasteiger partial charge in [-0.05, 0) is 42.5 Å². The summed E-state index contributed by atoms with van der Waals surface area (Å²) in [7, 11) is 1.84. The highest BCUT2D eigenvalue weighted by Crippen LogP contribution is 2.24. The van der Waals surface area contributed by atoms with Gasteiger partial charge in [-0.2, -0.15) is 0 Å². The summed E-state index contributed by atoms with van der Waals surface area (Å²) in [6.45, 7) is 0. The lowest BCUT2D eigenvalue weighted by molar-refractivity contribution is -0.116. The number of hydrogen-bond donors (Lipinski definition) is 1. The molecule has 0 aliphatic carbocycles. The summed E-state index contributed by atoms with van der Waals surface area (Å²) in [4.78, 5) is 21.0. The molecule has 0 fully saturated rings. The van der Waals surface area contributed by atoms with Crippen molar-refractivity contribution in [3.05, 3.63) is 64.6 Å². The molecule has 0 bridgehead atoms. The summed E-state index contributed by atoms with van der Waals surface area (Å²) in [5, 5.41) is 4.08. The van der Waals surface area contributed by atoms with Gasteiger partial charge in [0, 0.05) is 35.5 Å². The van der Waals surface area contributed by atoms with Gasteiger partial charge in [0.15, 0.2) is 11.7 Å². The average Bonchev–Trinajstić information content (AvgIpc) is 3.26. The highest BCUT2D eigenvalue weighted by atomic mass is 35.5. The van der Waals surface area contributed by atoms with E-state index in [1.54, 1.807) is 30.5 Å². The van der Waals surface area contributed by atoms with Crippen LogP contribution in [0.25, 0.3) is 22.4 Å². The third-order valence-electron chi connectivity index (χ3n) is 4.34. The Bertz CT molecular complexity index is 1150. The number of aromatic nitrogens is 3. The SMILES string of the molecule is Cn1c(NC(=O)CCc2ncc(-c3ccc(Cl)cc3)o2)nc2cc(Cl)ccc21. The van der Waals surface area contributed by atoms with Crippen LogP contribution < -0.4 is 5.32 Å². The van der Waals surface area contributed by atoms with Gasteiger partial charge in [-0.1, -0.05) is 23.2 Å². The van der Waals surface area contributed by atoms with Crippen LogP contribution in [0.4, 0.5) is 5.95 Å². The Morgan fingerprint density at radius 1 is 1.14 bits per heavy atom. The zero-order valence-corrected chi connectivity index (χ0v) is 16.5. The Morgan fingerprint density at radius 3 is 2.68 bits per heavy atom. The molecule has 0 aliphatic rings. The van der Waals surface area contributed by atoms with Crippen molar-refractivity contribution in [1.82, 2.24) is 14.5 Å². The van der Waals surface area contributed by atoms with Gasteiger partial charge in [-0.3, -0.25) is 10.1 Å². The molecule has 0 spiro atoms. The molecule has 0 atom stereocenters. The first-order chi connectivity index (χ1) is 13.5. The molecule has 2 aromatic heterocycles. The number of benzene rings is 2. The normalized spacial score (nSPS) is 11.1. The summed E-state index contributed by atoms with van der Waals surface area (Å²) in [5.74, 6) is 1.43. The van der Waals surface area contributed by atoms with E-state index >= 15 is 0 Å². The van der Waals surface area contributed by atoms with Crippen LogP contribution in [0, 0.1) is 0 Å². The number of rotatable bonds is 5. The molecule has 28 heavy (non-hydrogen) atoms. The van der Waals surface area contributed by atoms with E-state index in [1.807, 2.05) is 29.8 Å². The Labute approximate surface area is 171 Å². The quantitative estimate of drug-likeness (QED) is 0.492. The number of nitrogens with one attached hydrogen (secondary N) is 1. The third-order valence-corrected chi connectivity index (χ3v) is 4.83. The lowest BCUT2D eigenvalue weighted by Crippen LogP contribution is -2.15. The molecule has 6 nitrogen and oxygen atoms in total. The van der Waals surface area contributed by atoms with Crippen LogP contribution in [0.15, 0.2) is 53.1 Å². The van der Waals surface area contributed by atoms with Crippen molar-refractivity contribution < 1.29 is 9.21 Å². The summed E-state index contributed by atoms with van der Waals surface area (Å²) in [6.07, 6.45) is 2.26. The Balaban J connectivity index is 1.40. The van der Waals surface area contributed by atoms with E-state index in [9.17, 15) is 4.79 Å². The van der Waals surface area contributed by atoms with Crippen molar-refractivity contribution in [3.63, 3.8) is 0 Å². The minimum Gasteiger partial charge on any atom is -0.441 e. The van der Waals surface area contributed by atoms with Crippen molar-refractivity contribution in [3.8, 4) is 11.3 Å². The van der Waals surface area contributed by atoms with Gasteiger partial charge >= 0.3 is 0 Å². The zero-order valence-electron chi connectivity index (χ0n) is 14.9. The van der Waals surface area contributed by atoms with Gasteiger partial charge in [0.25, 0.3) is 0 Å². The molecular weight excluding hydrogens is 399 g/mol. The van der Waals surface area contributed by atoms with Crippen LogP contribution in [0.3, 0.4) is 0 Å². The van der Waals surface area contributed by atoms with Crippen LogP contribution in [0.5, 0.6) is 0 Å². The number of amides is 1.